The van der Waals surface area contributed by atoms with Crippen LogP contribution in [-0.2, 0) is 0 Å². The van der Waals surface area contributed by atoms with Crippen LogP contribution in [0.25, 0.3) is 43.1 Å². The zero-order chi connectivity index (χ0) is 18.7. The number of amides is 1. The summed E-state index contributed by atoms with van der Waals surface area (Å²) in [5.74, 6) is -0.409. The first-order valence-corrected chi connectivity index (χ1v) is 9.61. The second kappa shape index (κ2) is 5.80. The molecule has 0 spiro atoms. The Morgan fingerprint density at radius 3 is 2.11 bits per heavy atom. The zero-order valence-corrected chi connectivity index (χ0v) is 16.3. The van der Waals surface area contributed by atoms with Crippen molar-refractivity contribution >= 4 is 64.9 Å². The van der Waals surface area contributed by atoms with Crippen LogP contribution in [0, 0.1) is 6.92 Å². The summed E-state index contributed by atoms with van der Waals surface area (Å²) in [6.07, 6.45) is 0. The van der Waals surface area contributed by atoms with Gasteiger partial charge in [-0.3, -0.25) is 4.79 Å². The fraction of sp³-hybridized carbons (Fsp3) is 0.0417. The van der Waals surface area contributed by atoms with Crippen LogP contribution in [0.5, 0.6) is 0 Å². The molecule has 3 heteroatoms. The van der Waals surface area contributed by atoms with Gasteiger partial charge in [-0.25, -0.2) is 0 Å². The molecule has 0 fully saturated rings. The lowest BCUT2D eigenvalue weighted by atomic mass is 9.90. The first-order valence-electron chi connectivity index (χ1n) is 8.81. The molecule has 2 N–H and O–H groups in total. The third-order valence-electron chi connectivity index (χ3n) is 5.33. The zero-order valence-electron chi connectivity index (χ0n) is 14.7. The minimum Gasteiger partial charge on any atom is -0.366 e. The monoisotopic (exact) mass is 413 g/mol. The minimum absolute atomic E-state index is 0.409. The van der Waals surface area contributed by atoms with Gasteiger partial charge in [-0.15, -0.1) is 0 Å². The Bertz CT molecular complexity index is 1410. The van der Waals surface area contributed by atoms with Crippen LogP contribution in [0.2, 0.25) is 0 Å². The van der Waals surface area contributed by atoms with E-state index in [1.54, 1.807) is 0 Å². The number of benzene rings is 5. The van der Waals surface area contributed by atoms with Gasteiger partial charge in [-0.2, -0.15) is 0 Å². The van der Waals surface area contributed by atoms with E-state index in [0.717, 1.165) is 31.4 Å². The number of hydrogen-bond acceptors (Lipinski definition) is 1. The van der Waals surface area contributed by atoms with Crippen LogP contribution < -0.4 is 5.73 Å². The molecule has 5 aromatic rings. The molecule has 130 valence electrons. The fourth-order valence-corrected chi connectivity index (χ4v) is 4.55. The predicted molar refractivity (Wildman–Crippen MR) is 117 cm³/mol. The summed E-state index contributed by atoms with van der Waals surface area (Å²) in [5.41, 5.74) is 7.51. The molecule has 1 amide bonds. The number of fused-ring (bicyclic) bond motifs is 7. The minimum atomic E-state index is -0.409. The molecule has 0 saturated carbocycles. The number of nitrogens with two attached hydrogens (primary N) is 1. The van der Waals surface area contributed by atoms with E-state index in [9.17, 15) is 4.79 Å². The third kappa shape index (κ3) is 2.35. The van der Waals surface area contributed by atoms with E-state index < -0.39 is 5.91 Å². The number of primary amides is 1. The van der Waals surface area contributed by atoms with E-state index in [1.165, 1.54) is 21.7 Å². The van der Waals surface area contributed by atoms with Crippen LogP contribution >= 0.6 is 15.9 Å². The summed E-state index contributed by atoms with van der Waals surface area (Å²) in [5, 5.41) is 8.79. The third-order valence-corrected chi connectivity index (χ3v) is 6.02. The summed E-state index contributed by atoms with van der Waals surface area (Å²) in [6.45, 7) is 2.10. The molecule has 0 bridgehead atoms. The number of carbonyl (C=O) groups is 1. The van der Waals surface area contributed by atoms with Gasteiger partial charge in [0.25, 0.3) is 0 Å². The maximum Gasteiger partial charge on any atom is 0.249 e. The molecule has 0 aliphatic heterocycles. The van der Waals surface area contributed by atoms with Gasteiger partial charge in [0.15, 0.2) is 0 Å². The van der Waals surface area contributed by atoms with Crippen molar-refractivity contribution in [2.24, 2.45) is 5.73 Å². The van der Waals surface area contributed by atoms with E-state index in [1.807, 2.05) is 12.1 Å². The molecule has 0 aliphatic carbocycles. The topological polar surface area (TPSA) is 43.1 Å². The van der Waals surface area contributed by atoms with Crippen molar-refractivity contribution in [3.8, 4) is 0 Å². The number of halogens is 1. The Balaban J connectivity index is 2.19. The molecule has 27 heavy (non-hydrogen) atoms. The summed E-state index contributed by atoms with van der Waals surface area (Å²) in [7, 11) is 0. The van der Waals surface area contributed by atoms with E-state index >= 15 is 0 Å². The molecule has 0 saturated heterocycles. The molecular weight excluding hydrogens is 398 g/mol. The largest absolute Gasteiger partial charge is 0.366 e. The molecule has 0 heterocycles. The Morgan fingerprint density at radius 1 is 0.741 bits per heavy atom. The average Bonchev–Trinajstić information content (AvgIpc) is 2.67. The second-order valence-corrected chi connectivity index (χ2v) is 7.85. The van der Waals surface area contributed by atoms with Crippen LogP contribution in [0.3, 0.4) is 0 Å². The van der Waals surface area contributed by atoms with Gasteiger partial charge >= 0.3 is 0 Å². The molecular formula is C24H16BrNO. The number of carbonyl (C=O) groups excluding carboxylic acids is 1. The van der Waals surface area contributed by atoms with E-state index in [2.05, 4.69) is 77.5 Å². The van der Waals surface area contributed by atoms with Gasteiger partial charge < -0.3 is 5.73 Å². The van der Waals surface area contributed by atoms with Crippen molar-refractivity contribution in [2.75, 3.05) is 0 Å². The Kier molecular flexibility index (Phi) is 3.49. The summed E-state index contributed by atoms with van der Waals surface area (Å²) < 4.78 is 0.956. The lowest BCUT2D eigenvalue weighted by Gasteiger charge is -2.14. The highest BCUT2D eigenvalue weighted by Gasteiger charge is 2.15. The Labute approximate surface area is 164 Å². The van der Waals surface area contributed by atoms with Crippen LogP contribution in [0.1, 0.15) is 15.9 Å². The van der Waals surface area contributed by atoms with Crippen molar-refractivity contribution in [1.82, 2.24) is 0 Å². The van der Waals surface area contributed by atoms with Crippen LogP contribution in [0.4, 0.5) is 0 Å². The molecule has 0 aliphatic rings. The van der Waals surface area contributed by atoms with Gasteiger partial charge in [-0.05, 0) is 56.8 Å². The quantitative estimate of drug-likeness (QED) is 0.314. The summed E-state index contributed by atoms with van der Waals surface area (Å²) in [4.78, 5) is 12.2. The van der Waals surface area contributed by atoms with Gasteiger partial charge in [0.1, 0.15) is 0 Å². The number of aryl methyl sites for hydroxylation is 1. The van der Waals surface area contributed by atoms with Crippen molar-refractivity contribution in [3.63, 3.8) is 0 Å². The van der Waals surface area contributed by atoms with E-state index in [4.69, 9.17) is 5.73 Å². The lowest BCUT2D eigenvalue weighted by molar-refractivity contribution is 0.100. The lowest BCUT2D eigenvalue weighted by Crippen LogP contribution is -2.11. The number of hydrogen-bond donors (Lipinski definition) is 1. The normalized spacial score (nSPS) is 11.6. The Hall–Kier alpha value is -2.91. The maximum atomic E-state index is 12.2. The maximum absolute atomic E-state index is 12.2. The fourth-order valence-electron chi connectivity index (χ4n) is 4.09. The van der Waals surface area contributed by atoms with Crippen LogP contribution in [0.15, 0.2) is 71.2 Å². The first-order chi connectivity index (χ1) is 13.0. The van der Waals surface area contributed by atoms with E-state index in [0.29, 0.717) is 5.56 Å². The molecule has 2 nitrogen and oxygen atoms in total. The van der Waals surface area contributed by atoms with Gasteiger partial charge in [0, 0.05) is 15.4 Å². The summed E-state index contributed by atoms with van der Waals surface area (Å²) >= 11 is 3.64. The van der Waals surface area contributed by atoms with Crippen LogP contribution in [-0.4, -0.2) is 5.91 Å². The van der Waals surface area contributed by atoms with E-state index in [-0.39, 0.29) is 0 Å². The average molecular weight is 414 g/mol. The summed E-state index contributed by atoms with van der Waals surface area (Å²) in [6, 6.07) is 22.9. The molecule has 5 aromatic carbocycles. The van der Waals surface area contributed by atoms with Crippen molar-refractivity contribution in [1.29, 1.82) is 0 Å². The van der Waals surface area contributed by atoms with Crippen molar-refractivity contribution in [2.45, 2.75) is 6.92 Å². The molecule has 0 atom stereocenters. The first kappa shape index (κ1) is 16.3. The van der Waals surface area contributed by atoms with Crippen molar-refractivity contribution < 1.29 is 4.79 Å². The molecule has 0 unspecified atom stereocenters. The molecule has 5 rings (SSSR count). The molecule has 0 radical (unpaired) electrons. The standard InChI is InChI=1S/C24H16BrNO/c1-13-2-3-14-4-5-15-6-7-16-8-9-17-20(25)11-10-18(24(26)27)23(17)22(16)21(15)19(14)12-13/h2-12H,1H3,(H2,26,27). The Morgan fingerprint density at radius 2 is 1.37 bits per heavy atom. The SMILES string of the molecule is Cc1ccc2ccc3ccc4ccc5c(Br)ccc(C(N)=O)c5c4c3c2c1. The van der Waals surface area contributed by atoms with Gasteiger partial charge in [-0.1, -0.05) is 76.1 Å². The highest BCUT2D eigenvalue weighted by atomic mass is 79.9. The highest BCUT2D eigenvalue weighted by Crippen LogP contribution is 2.39. The van der Waals surface area contributed by atoms with Gasteiger partial charge in [0.2, 0.25) is 5.91 Å². The second-order valence-electron chi connectivity index (χ2n) is 7.00. The predicted octanol–water partition coefficient (Wildman–Crippen LogP) is 6.47. The van der Waals surface area contributed by atoms with Crippen molar-refractivity contribution in [3.05, 3.63) is 82.3 Å². The smallest absolute Gasteiger partial charge is 0.249 e. The number of rotatable bonds is 1. The molecule has 0 aromatic heterocycles. The highest BCUT2D eigenvalue weighted by molar-refractivity contribution is 9.10. The van der Waals surface area contributed by atoms with Gasteiger partial charge in [0.05, 0.1) is 0 Å².